The molecule has 0 aliphatic carbocycles. The predicted molar refractivity (Wildman–Crippen MR) is 52.0 cm³/mol. The SMILES string of the molecule is Cc1ccccc1N=C/C=N\N. The molecule has 0 aromatic heterocycles. The fraction of sp³-hybridized carbons (Fsp3) is 0.111. The molecule has 1 rings (SSSR count). The van der Waals surface area contributed by atoms with Gasteiger partial charge in [-0.15, -0.1) is 0 Å². The third-order valence-corrected chi connectivity index (χ3v) is 1.48. The molecule has 0 saturated heterocycles. The first-order valence-corrected chi connectivity index (χ1v) is 3.66. The van der Waals surface area contributed by atoms with Crippen LogP contribution in [0, 0.1) is 6.92 Å². The molecule has 0 aliphatic rings. The number of hydrogen-bond acceptors (Lipinski definition) is 3. The van der Waals surface area contributed by atoms with Crippen LogP contribution in [0.2, 0.25) is 0 Å². The lowest BCUT2D eigenvalue weighted by Crippen LogP contribution is -1.83. The minimum atomic E-state index is 0.942. The summed E-state index contributed by atoms with van der Waals surface area (Å²) in [5.74, 6) is 4.91. The van der Waals surface area contributed by atoms with Crippen molar-refractivity contribution in [3.05, 3.63) is 29.8 Å². The Balaban J connectivity index is 2.82. The van der Waals surface area contributed by atoms with E-state index in [2.05, 4.69) is 10.1 Å². The average molecular weight is 161 g/mol. The van der Waals surface area contributed by atoms with E-state index < -0.39 is 0 Å². The van der Waals surface area contributed by atoms with Crippen LogP contribution in [0.5, 0.6) is 0 Å². The third-order valence-electron chi connectivity index (χ3n) is 1.48. The van der Waals surface area contributed by atoms with Gasteiger partial charge in [0.05, 0.1) is 11.9 Å². The molecule has 0 heterocycles. The van der Waals surface area contributed by atoms with E-state index in [0.29, 0.717) is 0 Å². The summed E-state index contributed by atoms with van der Waals surface area (Å²) >= 11 is 0. The summed E-state index contributed by atoms with van der Waals surface area (Å²) in [6.45, 7) is 2.01. The van der Waals surface area contributed by atoms with Crippen LogP contribution in [0.15, 0.2) is 34.4 Å². The van der Waals surface area contributed by atoms with Gasteiger partial charge >= 0.3 is 0 Å². The number of hydrazone groups is 1. The summed E-state index contributed by atoms with van der Waals surface area (Å²) in [5, 5.41) is 3.31. The minimum absolute atomic E-state index is 0.942. The van der Waals surface area contributed by atoms with Gasteiger partial charge in [-0.1, -0.05) is 18.2 Å². The Labute approximate surface area is 71.6 Å². The zero-order chi connectivity index (χ0) is 8.81. The Morgan fingerprint density at radius 3 is 2.67 bits per heavy atom. The zero-order valence-corrected chi connectivity index (χ0v) is 6.94. The molecule has 0 amide bonds. The molecule has 1 aromatic rings. The predicted octanol–water partition coefficient (Wildman–Crippen LogP) is 1.64. The highest BCUT2D eigenvalue weighted by molar-refractivity contribution is 6.16. The molecular formula is C9H11N3. The van der Waals surface area contributed by atoms with Crippen molar-refractivity contribution in [1.29, 1.82) is 0 Å². The normalized spacial score (nSPS) is 11.4. The highest BCUT2D eigenvalue weighted by atomic mass is 15.1. The van der Waals surface area contributed by atoms with Gasteiger partial charge in [0, 0.05) is 6.21 Å². The van der Waals surface area contributed by atoms with E-state index in [1.165, 1.54) is 6.21 Å². The van der Waals surface area contributed by atoms with Gasteiger partial charge < -0.3 is 5.84 Å². The zero-order valence-electron chi connectivity index (χ0n) is 6.94. The van der Waals surface area contributed by atoms with Gasteiger partial charge in [0.15, 0.2) is 0 Å². The molecule has 0 radical (unpaired) electrons. The second-order valence-electron chi connectivity index (χ2n) is 2.36. The fourth-order valence-corrected chi connectivity index (χ4v) is 0.860. The van der Waals surface area contributed by atoms with Crippen LogP contribution in [0.4, 0.5) is 5.69 Å². The van der Waals surface area contributed by atoms with Crippen molar-refractivity contribution in [3.8, 4) is 0 Å². The summed E-state index contributed by atoms with van der Waals surface area (Å²) in [5.41, 5.74) is 2.08. The molecule has 0 unspecified atom stereocenters. The molecule has 0 atom stereocenters. The number of rotatable bonds is 2. The van der Waals surface area contributed by atoms with Crippen LogP contribution in [-0.4, -0.2) is 12.4 Å². The monoisotopic (exact) mass is 161 g/mol. The van der Waals surface area contributed by atoms with Gasteiger partial charge in [0.25, 0.3) is 0 Å². The van der Waals surface area contributed by atoms with Crippen molar-refractivity contribution in [2.24, 2.45) is 15.9 Å². The maximum Gasteiger partial charge on any atom is 0.0659 e. The van der Waals surface area contributed by atoms with Crippen molar-refractivity contribution in [3.63, 3.8) is 0 Å². The van der Waals surface area contributed by atoms with E-state index in [1.54, 1.807) is 6.21 Å². The van der Waals surface area contributed by atoms with E-state index in [4.69, 9.17) is 5.84 Å². The van der Waals surface area contributed by atoms with Crippen LogP contribution >= 0.6 is 0 Å². The lowest BCUT2D eigenvalue weighted by molar-refractivity contribution is 1.27. The second kappa shape index (κ2) is 4.28. The van der Waals surface area contributed by atoms with Crippen LogP contribution < -0.4 is 5.84 Å². The Kier molecular flexibility index (Phi) is 3.02. The Morgan fingerprint density at radius 2 is 2.00 bits per heavy atom. The maximum atomic E-state index is 4.91. The lowest BCUT2D eigenvalue weighted by Gasteiger charge is -1.95. The van der Waals surface area contributed by atoms with Gasteiger partial charge in [-0.05, 0) is 18.6 Å². The van der Waals surface area contributed by atoms with Gasteiger partial charge in [-0.25, -0.2) is 0 Å². The van der Waals surface area contributed by atoms with Crippen molar-refractivity contribution in [2.75, 3.05) is 0 Å². The summed E-state index contributed by atoms with van der Waals surface area (Å²) in [4.78, 5) is 4.14. The first kappa shape index (κ1) is 8.46. The molecule has 3 nitrogen and oxygen atoms in total. The van der Waals surface area contributed by atoms with Gasteiger partial charge in [0.2, 0.25) is 0 Å². The van der Waals surface area contributed by atoms with Gasteiger partial charge in [0.1, 0.15) is 0 Å². The molecule has 0 spiro atoms. The first-order chi connectivity index (χ1) is 5.84. The molecule has 0 fully saturated rings. The fourth-order valence-electron chi connectivity index (χ4n) is 0.860. The maximum absolute atomic E-state index is 4.91. The summed E-state index contributed by atoms with van der Waals surface area (Å²) < 4.78 is 0. The van der Waals surface area contributed by atoms with Gasteiger partial charge in [-0.3, -0.25) is 4.99 Å². The number of nitrogens with zero attached hydrogens (tertiary/aromatic N) is 2. The van der Waals surface area contributed by atoms with Crippen LogP contribution in [0.25, 0.3) is 0 Å². The lowest BCUT2D eigenvalue weighted by atomic mass is 10.2. The van der Waals surface area contributed by atoms with E-state index >= 15 is 0 Å². The van der Waals surface area contributed by atoms with Crippen molar-refractivity contribution >= 4 is 18.1 Å². The second-order valence-corrected chi connectivity index (χ2v) is 2.36. The van der Waals surface area contributed by atoms with E-state index in [-0.39, 0.29) is 0 Å². The standard InChI is InChI=1S/C9H11N3/c1-8-4-2-3-5-9(8)11-6-7-12-10/h2-7H,10H2,1H3/b11-6?,12-7-. The van der Waals surface area contributed by atoms with E-state index in [0.717, 1.165) is 11.3 Å². The summed E-state index contributed by atoms with van der Waals surface area (Å²) in [6, 6.07) is 7.87. The largest absolute Gasteiger partial charge is 0.323 e. The molecule has 2 N–H and O–H groups in total. The molecular weight excluding hydrogens is 150 g/mol. The smallest absolute Gasteiger partial charge is 0.0659 e. The number of para-hydroxylation sites is 1. The molecule has 3 heteroatoms. The van der Waals surface area contributed by atoms with E-state index in [1.807, 2.05) is 31.2 Å². The van der Waals surface area contributed by atoms with Crippen LogP contribution in [-0.2, 0) is 0 Å². The Bertz CT molecular complexity index is 302. The first-order valence-electron chi connectivity index (χ1n) is 3.66. The van der Waals surface area contributed by atoms with Crippen molar-refractivity contribution in [1.82, 2.24) is 0 Å². The number of nitrogens with two attached hydrogens (primary N) is 1. The molecule has 1 aromatic carbocycles. The number of aliphatic imine (C=N–C) groups is 1. The number of benzene rings is 1. The topological polar surface area (TPSA) is 50.7 Å². The molecule has 0 aliphatic heterocycles. The number of hydrogen-bond donors (Lipinski definition) is 1. The highest BCUT2D eigenvalue weighted by Crippen LogP contribution is 2.15. The molecule has 12 heavy (non-hydrogen) atoms. The van der Waals surface area contributed by atoms with Crippen molar-refractivity contribution in [2.45, 2.75) is 6.92 Å². The third kappa shape index (κ3) is 2.20. The average Bonchev–Trinajstić information content (AvgIpc) is 2.09. The minimum Gasteiger partial charge on any atom is -0.323 e. The summed E-state index contributed by atoms with van der Waals surface area (Å²) in [7, 11) is 0. The molecule has 0 bridgehead atoms. The quantitative estimate of drug-likeness (QED) is 0.400. The molecule has 62 valence electrons. The molecule has 0 saturated carbocycles. The van der Waals surface area contributed by atoms with Crippen LogP contribution in [0.3, 0.4) is 0 Å². The highest BCUT2D eigenvalue weighted by Gasteiger charge is 1.89. The van der Waals surface area contributed by atoms with Gasteiger partial charge in [-0.2, -0.15) is 5.10 Å². The Morgan fingerprint density at radius 1 is 1.25 bits per heavy atom. The number of aryl methyl sites for hydroxylation is 1. The Hall–Kier alpha value is -1.64. The van der Waals surface area contributed by atoms with Crippen LogP contribution in [0.1, 0.15) is 5.56 Å². The van der Waals surface area contributed by atoms with E-state index in [9.17, 15) is 0 Å². The summed E-state index contributed by atoms with van der Waals surface area (Å²) in [6.07, 6.45) is 3.02. The van der Waals surface area contributed by atoms with Crippen molar-refractivity contribution < 1.29 is 0 Å².